The van der Waals surface area contributed by atoms with E-state index < -0.39 is 0 Å². The Kier molecular flexibility index (Phi) is 6.49. The number of hydrogen-bond donors (Lipinski definition) is 1. The molecule has 0 aliphatic heterocycles. The van der Waals surface area contributed by atoms with Gasteiger partial charge in [-0.15, -0.1) is 0 Å². The fraction of sp³-hybridized carbons (Fsp3) is 0.900. The number of methoxy groups -OCH3 is 1. The van der Waals surface area contributed by atoms with Crippen molar-refractivity contribution in [2.45, 2.75) is 26.8 Å². The van der Waals surface area contributed by atoms with Gasteiger partial charge in [-0.2, -0.15) is 0 Å². The third kappa shape index (κ3) is 4.07. The van der Waals surface area contributed by atoms with E-state index in [9.17, 15) is 4.79 Å². The van der Waals surface area contributed by atoms with Gasteiger partial charge in [-0.05, 0) is 13.8 Å². The van der Waals surface area contributed by atoms with E-state index in [-0.39, 0.29) is 17.9 Å². The number of rotatable bonds is 6. The van der Waals surface area contributed by atoms with Crippen LogP contribution in [-0.4, -0.2) is 43.7 Å². The molecule has 1 unspecified atom stereocenters. The third-order valence-corrected chi connectivity index (χ3v) is 2.22. The number of hydrogen-bond acceptors (Lipinski definition) is 3. The minimum Gasteiger partial charge on any atom is -0.383 e. The minimum atomic E-state index is -0.103. The van der Waals surface area contributed by atoms with E-state index in [0.29, 0.717) is 19.7 Å². The van der Waals surface area contributed by atoms with Crippen LogP contribution in [0.25, 0.3) is 0 Å². The predicted octanol–water partition coefficient (Wildman–Crippen LogP) is 0.465. The van der Waals surface area contributed by atoms with Crippen molar-refractivity contribution < 1.29 is 9.53 Å². The van der Waals surface area contributed by atoms with Gasteiger partial charge >= 0.3 is 0 Å². The van der Waals surface area contributed by atoms with E-state index in [1.807, 2.05) is 20.8 Å². The third-order valence-electron chi connectivity index (χ3n) is 2.22. The van der Waals surface area contributed by atoms with Crippen LogP contribution in [0.15, 0.2) is 0 Å². The lowest BCUT2D eigenvalue weighted by Gasteiger charge is -2.28. The Hall–Kier alpha value is -0.610. The van der Waals surface area contributed by atoms with E-state index in [1.54, 1.807) is 12.0 Å². The standard InChI is InChI=1S/C10H22N2O2/c1-8(2)12(5-6-14-4)10(13)9(3)7-11/h8-9H,5-7,11H2,1-4H3. The molecule has 0 saturated heterocycles. The maximum Gasteiger partial charge on any atom is 0.226 e. The highest BCUT2D eigenvalue weighted by molar-refractivity contribution is 5.79. The topological polar surface area (TPSA) is 55.6 Å². The molecule has 0 rings (SSSR count). The monoisotopic (exact) mass is 202 g/mol. The SMILES string of the molecule is COCCN(C(=O)C(C)CN)C(C)C. The number of nitrogens with zero attached hydrogens (tertiary/aromatic N) is 1. The summed E-state index contributed by atoms with van der Waals surface area (Å²) in [6, 6.07) is 0.201. The molecule has 4 heteroatoms. The molecular weight excluding hydrogens is 180 g/mol. The van der Waals surface area contributed by atoms with Gasteiger partial charge in [0.2, 0.25) is 5.91 Å². The first-order valence-electron chi connectivity index (χ1n) is 5.04. The molecule has 2 N–H and O–H groups in total. The van der Waals surface area contributed by atoms with Crippen molar-refractivity contribution in [1.82, 2.24) is 4.90 Å². The molecule has 0 heterocycles. The van der Waals surface area contributed by atoms with Crippen molar-refractivity contribution in [3.8, 4) is 0 Å². The zero-order valence-electron chi connectivity index (χ0n) is 9.62. The number of amides is 1. The average Bonchev–Trinajstić information content (AvgIpc) is 2.16. The van der Waals surface area contributed by atoms with Crippen LogP contribution in [0.3, 0.4) is 0 Å². The molecule has 0 fully saturated rings. The lowest BCUT2D eigenvalue weighted by molar-refractivity contribution is -0.137. The van der Waals surface area contributed by atoms with Crippen molar-refractivity contribution in [2.24, 2.45) is 11.7 Å². The van der Waals surface area contributed by atoms with Gasteiger partial charge in [-0.3, -0.25) is 4.79 Å². The zero-order chi connectivity index (χ0) is 11.1. The van der Waals surface area contributed by atoms with Gasteiger partial charge in [0.1, 0.15) is 0 Å². The van der Waals surface area contributed by atoms with Crippen LogP contribution in [0, 0.1) is 5.92 Å². The highest BCUT2D eigenvalue weighted by Gasteiger charge is 2.21. The van der Waals surface area contributed by atoms with Gasteiger partial charge < -0.3 is 15.4 Å². The molecule has 0 bridgehead atoms. The Balaban J connectivity index is 4.25. The van der Waals surface area contributed by atoms with Gasteiger partial charge in [-0.25, -0.2) is 0 Å². The van der Waals surface area contributed by atoms with Crippen molar-refractivity contribution in [3.05, 3.63) is 0 Å². The molecule has 0 saturated carbocycles. The van der Waals surface area contributed by atoms with Crippen molar-refractivity contribution in [3.63, 3.8) is 0 Å². The molecule has 0 radical (unpaired) electrons. The molecule has 1 amide bonds. The van der Waals surface area contributed by atoms with Gasteiger partial charge in [0.15, 0.2) is 0 Å². The van der Waals surface area contributed by atoms with Gasteiger partial charge in [-0.1, -0.05) is 6.92 Å². The fourth-order valence-corrected chi connectivity index (χ4v) is 1.20. The van der Waals surface area contributed by atoms with Crippen LogP contribution in [-0.2, 0) is 9.53 Å². The van der Waals surface area contributed by atoms with E-state index in [1.165, 1.54) is 0 Å². The second-order valence-electron chi connectivity index (χ2n) is 3.75. The summed E-state index contributed by atoms with van der Waals surface area (Å²) in [5.74, 6) is 0.00815. The molecular formula is C10H22N2O2. The molecule has 14 heavy (non-hydrogen) atoms. The van der Waals surface area contributed by atoms with E-state index in [4.69, 9.17) is 10.5 Å². The summed E-state index contributed by atoms with van der Waals surface area (Å²) in [5.41, 5.74) is 5.46. The molecule has 4 nitrogen and oxygen atoms in total. The summed E-state index contributed by atoms with van der Waals surface area (Å²) >= 11 is 0. The van der Waals surface area contributed by atoms with Crippen LogP contribution < -0.4 is 5.73 Å². The summed E-state index contributed by atoms with van der Waals surface area (Å²) in [6.45, 7) is 7.45. The van der Waals surface area contributed by atoms with Gasteiger partial charge in [0.25, 0.3) is 0 Å². The Bertz CT molecular complexity index is 172. The smallest absolute Gasteiger partial charge is 0.226 e. The van der Waals surface area contributed by atoms with E-state index in [0.717, 1.165) is 0 Å². The Labute approximate surface area is 86.4 Å². The summed E-state index contributed by atoms with van der Waals surface area (Å²) in [7, 11) is 1.63. The largest absolute Gasteiger partial charge is 0.383 e. The highest BCUT2D eigenvalue weighted by Crippen LogP contribution is 2.05. The van der Waals surface area contributed by atoms with Crippen molar-refractivity contribution in [1.29, 1.82) is 0 Å². The lowest BCUT2D eigenvalue weighted by Crippen LogP contribution is -2.43. The van der Waals surface area contributed by atoms with E-state index in [2.05, 4.69) is 0 Å². The van der Waals surface area contributed by atoms with Crippen molar-refractivity contribution in [2.75, 3.05) is 26.8 Å². The summed E-state index contributed by atoms with van der Waals surface area (Å²) in [6.07, 6.45) is 0. The highest BCUT2D eigenvalue weighted by atomic mass is 16.5. The predicted molar refractivity (Wildman–Crippen MR) is 56.9 cm³/mol. The van der Waals surface area contributed by atoms with Crippen LogP contribution in [0.4, 0.5) is 0 Å². The van der Waals surface area contributed by atoms with Crippen molar-refractivity contribution >= 4 is 5.91 Å². The Morgan fingerprint density at radius 1 is 1.43 bits per heavy atom. The quantitative estimate of drug-likeness (QED) is 0.681. The maximum atomic E-state index is 11.8. The lowest BCUT2D eigenvalue weighted by atomic mass is 10.1. The number of nitrogens with two attached hydrogens (primary N) is 1. The van der Waals surface area contributed by atoms with Crippen LogP contribution >= 0.6 is 0 Å². The van der Waals surface area contributed by atoms with Gasteiger partial charge in [0.05, 0.1) is 6.61 Å². The summed E-state index contributed by atoms with van der Waals surface area (Å²) in [4.78, 5) is 13.6. The maximum absolute atomic E-state index is 11.8. The summed E-state index contributed by atoms with van der Waals surface area (Å²) < 4.78 is 4.96. The normalized spacial score (nSPS) is 13.0. The Morgan fingerprint density at radius 3 is 2.36 bits per heavy atom. The molecule has 0 spiro atoms. The second-order valence-corrected chi connectivity index (χ2v) is 3.75. The van der Waals surface area contributed by atoms with Crippen LogP contribution in [0.1, 0.15) is 20.8 Å². The number of ether oxygens (including phenoxy) is 1. The molecule has 1 atom stereocenters. The molecule has 0 aliphatic rings. The average molecular weight is 202 g/mol. The molecule has 84 valence electrons. The van der Waals surface area contributed by atoms with Crippen LogP contribution in [0.5, 0.6) is 0 Å². The van der Waals surface area contributed by atoms with Crippen LogP contribution in [0.2, 0.25) is 0 Å². The number of carbonyl (C=O) groups is 1. The first-order chi connectivity index (χ1) is 6.54. The summed E-state index contributed by atoms with van der Waals surface area (Å²) in [5, 5.41) is 0. The zero-order valence-corrected chi connectivity index (χ0v) is 9.62. The first-order valence-corrected chi connectivity index (χ1v) is 5.04. The molecule has 0 aromatic rings. The number of carbonyl (C=O) groups excluding carboxylic acids is 1. The minimum absolute atomic E-state index is 0.103. The van der Waals surface area contributed by atoms with Gasteiger partial charge in [0, 0.05) is 32.2 Å². The molecule has 0 aliphatic carbocycles. The second kappa shape index (κ2) is 6.79. The first kappa shape index (κ1) is 13.4. The van der Waals surface area contributed by atoms with E-state index >= 15 is 0 Å². The molecule has 0 aromatic carbocycles. The molecule has 0 aromatic heterocycles. The fourth-order valence-electron chi connectivity index (χ4n) is 1.20. The Morgan fingerprint density at radius 2 is 2.00 bits per heavy atom.